The van der Waals surface area contributed by atoms with E-state index in [1.54, 1.807) is 30.3 Å². The average molecular weight is 1860 g/mol. The molecule has 21 heteroatoms. The first-order valence-electron chi connectivity index (χ1n) is 46.0. The van der Waals surface area contributed by atoms with Gasteiger partial charge in [-0.1, -0.05) is 255 Å². The zero-order valence-electron chi connectivity index (χ0n) is 76.3. The maximum absolute atomic E-state index is 15.1. The van der Waals surface area contributed by atoms with E-state index in [-0.39, 0.29) is 67.6 Å². The molecule has 20 nitrogen and oxygen atoms in total. The lowest BCUT2D eigenvalue weighted by atomic mass is 9.92. The maximum atomic E-state index is 15.1. The van der Waals surface area contributed by atoms with Gasteiger partial charge in [-0.3, -0.25) is 4.79 Å². The number of nitrogens with one attached hydrogen (secondary N) is 2. The Balaban J connectivity index is 0.693. The summed E-state index contributed by atoms with van der Waals surface area (Å²) in [6.07, 6.45) is 3.15. The molecular weight excluding hydrogens is 1750 g/mol. The lowest BCUT2D eigenvalue weighted by Gasteiger charge is -2.29. The van der Waals surface area contributed by atoms with E-state index in [2.05, 4.69) is 10.0 Å². The Hall–Kier alpha value is -15.9. The van der Waals surface area contributed by atoms with Crippen molar-refractivity contribution in [1.29, 1.82) is 0 Å². The maximum Gasteiger partial charge on any atom is 0.255 e. The van der Waals surface area contributed by atoms with Gasteiger partial charge in [0.15, 0.2) is 0 Å². The molecule has 17 rings (SSSR count). The third-order valence-corrected chi connectivity index (χ3v) is 24.3. The van der Waals surface area contributed by atoms with Crippen molar-refractivity contribution < 1.29 is 79.5 Å². The summed E-state index contributed by atoms with van der Waals surface area (Å²) in [6.45, 7) is 2.74. The van der Waals surface area contributed by atoms with Crippen LogP contribution in [0.15, 0.2) is 399 Å². The topological polar surface area (TPSA) is 231 Å². The van der Waals surface area contributed by atoms with Gasteiger partial charge in [0, 0.05) is 65.8 Å². The molecule has 0 aromatic heterocycles. The van der Waals surface area contributed by atoms with Crippen LogP contribution in [0.1, 0.15) is 114 Å². The van der Waals surface area contributed by atoms with Crippen LogP contribution in [0.4, 0.5) is 5.69 Å². The lowest BCUT2D eigenvalue weighted by molar-refractivity contribution is 0.102. The highest BCUT2D eigenvalue weighted by atomic mass is 32.2. The molecule has 1 fully saturated rings. The normalized spacial score (nSPS) is 12.8. The fourth-order valence-corrected chi connectivity index (χ4v) is 16.9. The van der Waals surface area contributed by atoms with Crippen molar-refractivity contribution in [3.8, 4) is 80.5 Å². The number of rotatable bonds is 47. The van der Waals surface area contributed by atoms with Gasteiger partial charge in [-0.2, -0.15) is 0 Å². The molecule has 0 aliphatic heterocycles. The number of amides is 1. The number of carbonyl (C=O) groups is 1. The number of benzene rings is 16. The summed E-state index contributed by atoms with van der Waals surface area (Å²) in [5.74, 6) is 6.43. The predicted molar refractivity (Wildman–Crippen MR) is 532 cm³/mol. The minimum Gasteiger partial charge on any atom is -0.489 e. The van der Waals surface area contributed by atoms with Gasteiger partial charge in [-0.15, -0.1) is 0 Å². The number of carbonyl (C=O) groups excluding carboxylic acids is 1. The Morgan fingerprint density at radius 3 is 0.609 bits per heavy atom. The molecule has 0 heterocycles. The number of hydrogen-bond donors (Lipinski definition) is 3. The van der Waals surface area contributed by atoms with E-state index in [9.17, 15) is 8.42 Å². The number of sulfonamides is 1. The summed E-state index contributed by atoms with van der Waals surface area (Å²) in [5, 5.41) is 3.00. The molecule has 2 atom stereocenters. The Morgan fingerprint density at radius 1 is 0.232 bits per heavy atom. The Bertz CT molecular complexity index is 5810. The molecular formula is C117H107N3O17S. The van der Waals surface area contributed by atoms with E-state index in [1.807, 2.05) is 352 Å². The third-order valence-electron chi connectivity index (χ3n) is 22.7. The molecule has 16 aromatic rings. The smallest absolute Gasteiger partial charge is 0.255 e. The van der Waals surface area contributed by atoms with E-state index < -0.39 is 22.0 Å². The van der Waals surface area contributed by atoms with Crippen LogP contribution in [0.3, 0.4) is 0 Å². The zero-order valence-corrected chi connectivity index (χ0v) is 77.2. The molecule has 0 saturated heterocycles. The minimum atomic E-state index is -3.97. The third kappa shape index (κ3) is 29.0. The van der Waals surface area contributed by atoms with E-state index >= 15 is 4.79 Å². The van der Waals surface area contributed by atoms with Gasteiger partial charge < -0.3 is 77.4 Å². The Kier molecular flexibility index (Phi) is 32.5. The molecule has 16 aromatic carbocycles. The highest BCUT2D eigenvalue weighted by Gasteiger charge is 2.28. The fourth-order valence-electron chi connectivity index (χ4n) is 15.6. The summed E-state index contributed by atoms with van der Waals surface area (Å²) >= 11 is 0. The predicted octanol–water partition coefficient (Wildman–Crippen LogP) is 24.6. The van der Waals surface area contributed by atoms with Crippen LogP contribution >= 0.6 is 0 Å². The highest BCUT2D eigenvalue weighted by Crippen LogP contribution is 2.37. The SMILES string of the molecule is N[C@@H]1CCCC[C@H]1NS(=O)(=O)c1ccc(NC(=O)c2cc(OCc3cc(OCc4cc(OCc5ccccc5)cc(OCc5ccccc5)c4)cc(OCc4cc(OCc5ccccc5)cc(OCc5ccccc5)c4)c3)cc(OCc3cc(OCc4cc(OCc5ccccc5)cc(OCc5ccccc5)c4)cc(OCc4cc(OCc5ccccc5)cc(OCc5ccccc5)c4)c3)c2)cc1. The average Bonchev–Trinajstić information content (AvgIpc) is 0.816. The molecule has 138 heavy (non-hydrogen) atoms. The van der Waals surface area contributed by atoms with Gasteiger partial charge >= 0.3 is 0 Å². The Labute approximate surface area is 805 Å². The fraction of sp³-hybridized carbons (Fsp3) is 0.171. The first kappa shape index (κ1) is 93.9. The largest absolute Gasteiger partial charge is 0.489 e. The molecule has 4 N–H and O–H groups in total. The van der Waals surface area contributed by atoms with Gasteiger partial charge in [0.1, 0.15) is 173 Å². The zero-order chi connectivity index (χ0) is 94.1. The quantitative estimate of drug-likeness (QED) is 0.0322. The van der Waals surface area contributed by atoms with Crippen molar-refractivity contribution in [2.75, 3.05) is 5.32 Å². The van der Waals surface area contributed by atoms with E-state index in [4.69, 9.17) is 72.0 Å². The van der Waals surface area contributed by atoms with Gasteiger partial charge in [0.25, 0.3) is 5.91 Å². The molecule has 0 spiro atoms. The molecule has 0 radical (unpaired) electrons. The molecule has 0 bridgehead atoms. The van der Waals surface area contributed by atoms with Crippen molar-refractivity contribution in [3.63, 3.8) is 0 Å². The van der Waals surface area contributed by atoms with Gasteiger partial charge in [0.2, 0.25) is 10.0 Å². The summed E-state index contributed by atoms with van der Waals surface area (Å²) < 4.78 is 123. The minimum absolute atomic E-state index is 0.0248. The van der Waals surface area contributed by atoms with Crippen LogP contribution in [-0.4, -0.2) is 26.4 Å². The van der Waals surface area contributed by atoms with Crippen molar-refractivity contribution in [3.05, 3.63) is 478 Å². The number of hydrogen-bond acceptors (Lipinski definition) is 18. The highest BCUT2D eigenvalue weighted by molar-refractivity contribution is 7.89. The van der Waals surface area contributed by atoms with E-state index in [1.165, 1.54) is 12.1 Å². The molecule has 1 amide bonds. The van der Waals surface area contributed by atoms with Crippen molar-refractivity contribution >= 4 is 21.6 Å². The summed E-state index contributed by atoms with van der Waals surface area (Å²) in [7, 11) is -3.97. The second-order valence-electron chi connectivity index (χ2n) is 33.6. The van der Waals surface area contributed by atoms with Crippen LogP contribution in [0.2, 0.25) is 0 Å². The molecule has 1 aliphatic rings. The molecule has 0 unspecified atom stereocenters. The number of nitrogens with two attached hydrogens (primary N) is 1. The Morgan fingerprint density at radius 2 is 0.413 bits per heavy atom. The molecule has 1 aliphatic carbocycles. The first-order valence-corrected chi connectivity index (χ1v) is 47.5. The summed E-state index contributed by atoms with van der Waals surface area (Å²) in [6, 6.07) is 124. The second-order valence-corrected chi connectivity index (χ2v) is 35.4. The van der Waals surface area contributed by atoms with Gasteiger partial charge in [0.05, 0.1) is 4.90 Å². The molecule has 1 saturated carbocycles. The van der Waals surface area contributed by atoms with Crippen LogP contribution in [0.25, 0.3) is 0 Å². The number of anilines is 1. The summed E-state index contributed by atoms with van der Waals surface area (Å²) in [4.78, 5) is 15.1. The van der Waals surface area contributed by atoms with Gasteiger partial charge in [-0.05, 0) is 200 Å². The van der Waals surface area contributed by atoms with Crippen molar-refractivity contribution in [1.82, 2.24) is 4.72 Å². The monoisotopic (exact) mass is 1860 g/mol. The van der Waals surface area contributed by atoms with Crippen LogP contribution in [0.5, 0.6) is 80.5 Å². The number of ether oxygens (including phenoxy) is 14. The van der Waals surface area contributed by atoms with Crippen molar-refractivity contribution in [2.45, 2.75) is 135 Å². The first-order chi connectivity index (χ1) is 67.7. The van der Waals surface area contributed by atoms with Crippen LogP contribution in [0, 0.1) is 0 Å². The standard InChI is InChI=1S/C117H107N3O17S/c118-115-43-25-26-44-116(115)120-138(122,123)114-47-45-99(46-48-114)119-117(121)98-61-112(136-82-96-57-108(132-78-92-49-100(124-70-84-27-9-1-10-28-84)63-101(50-92)125-71-85-29-11-2-12-30-85)67-109(58-96)133-79-93-51-102(126-72-86-31-13-3-14-32-86)64-103(52-93)127-73-87-33-15-4-16-34-87)69-113(62-98)137-83-97-59-110(134-80-94-53-104(128-74-88-35-17-5-18-36-88)65-105(54-94)129-75-89-37-19-6-20-38-89)68-111(60-97)135-81-95-55-106(130-76-90-39-21-7-22-40-90)66-107(56-95)131-77-91-41-23-8-24-42-91/h1-24,27-42,45-69,115-116,120H,25-26,43-44,70-83,118H2,(H,119,121)/t115-,116-/m1/s1. The lowest BCUT2D eigenvalue weighted by Crippen LogP contribution is -2.49. The van der Waals surface area contributed by atoms with Crippen molar-refractivity contribution in [2.24, 2.45) is 5.73 Å². The van der Waals surface area contributed by atoms with Gasteiger partial charge in [-0.25, -0.2) is 13.1 Å². The van der Waals surface area contributed by atoms with Crippen LogP contribution < -0.4 is 82.1 Å². The van der Waals surface area contributed by atoms with E-state index in [0.29, 0.717) is 145 Å². The second kappa shape index (κ2) is 47.8. The van der Waals surface area contributed by atoms with E-state index in [0.717, 1.165) is 86.0 Å². The summed E-state index contributed by atoms with van der Waals surface area (Å²) in [5.41, 5.74) is 19.2. The van der Waals surface area contributed by atoms with Crippen LogP contribution in [-0.2, 0) is 103 Å². The molecule has 698 valence electrons.